The normalized spacial score (nSPS) is 34.3. The van der Waals surface area contributed by atoms with Crippen LogP contribution in [0.3, 0.4) is 0 Å². The van der Waals surface area contributed by atoms with Gasteiger partial charge in [0, 0.05) is 6.54 Å². The summed E-state index contributed by atoms with van der Waals surface area (Å²) in [4.78, 5) is 23.5. The molecule has 2 rings (SSSR count). The van der Waals surface area contributed by atoms with Gasteiger partial charge in [0.1, 0.15) is 0 Å². The van der Waals surface area contributed by atoms with Crippen LogP contribution in [0.2, 0.25) is 0 Å². The largest absolute Gasteiger partial charge is 0.452 e. The first-order chi connectivity index (χ1) is 6.60. The van der Waals surface area contributed by atoms with Gasteiger partial charge in [-0.1, -0.05) is 13.0 Å². The molecule has 1 fully saturated rings. The molecule has 1 aliphatic heterocycles. The molecule has 1 saturated carbocycles. The molecule has 0 aromatic heterocycles. The van der Waals surface area contributed by atoms with Gasteiger partial charge in [-0.2, -0.15) is 0 Å². The van der Waals surface area contributed by atoms with Gasteiger partial charge in [0.05, 0.1) is 12.8 Å². The molecule has 0 aromatic rings. The molecule has 0 aromatic carbocycles. The SMILES string of the molecule is COC(=O)N1CC2(C)CC2C=C1C=O. The van der Waals surface area contributed by atoms with Crippen LogP contribution in [-0.2, 0) is 9.53 Å². The van der Waals surface area contributed by atoms with Crippen LogP contribution in [0, 0.1) is 11.3 Å². The van der Waals surface area contributed by atoms with Crippen molar-refractivity contribution in [1.82, 2.24) is 4.90 Å². The summed E-state index contributed by atoms with van der Waals surface area (Å²) in [5.74, 6) is 0.462. The summed E-state index contributed by atoms with van der Waals surface area (Å²) in [7, 11) is 1.33. The van der Waals surface area contributed by atoms with Gasteiger partial charge in [0.25, 0.3) is 0 Å². The number of rotatable bonds is 1. The molecule has 76 valence electrons. The molecule has 4 nitrogen and oxygen atoms in total. The number of hydrogen-bond acceptors (Lipinski definition) is 3. The molecule has 1 amide bonds. The van der Waals surface area contributed by atoms with Crippen LogP contribution in [-0.4, -0.2) is 30.9 Å². The van der Waals surface area contributed by atoms with Gasteiger partial charge in [-0.3, -0.25) is 9.69 Å². The van der Waals surface area contributed by atoms with Crippen molar-refractivity contribution in [2.75, 3.05) is 13.7 Å². The number of ether oxygens (including phenoxy) is 1. The summed E-state index contributed by atoms with van der Waals surface area (Å²) in [5.41, 5.74) is 0.609. The Labute approximate surface area is 82.5 Å². The quantitative estimate of drug-likeness (QED) is 0.590. The maximum absolute atomic E-state index is 11.3. The lowest BCUT2D eigenvalue weighted by molar-refractivity contribution is -0.106. The van der Waals surface area contributed by atoms with Crippen LogP contribution in [0.4, 0.5) is 4.79 Å². The summed E-state index contributed by atoms with van der Waals surface area (Å²) in [6.45, 7) is 2.71. The van der Waals surface area contributed by atoms with Crippen molar-refractivity contribution < 1.29 is 14.3 Å². The monoisotopic (exact) mass is 195 g/mol. The molecule has 2 aliphatic rings. The maximum Gasteiger partial charge on any atom is 0.414 e. The topological polar surface area (TPSA) is 46.6 Å². The van der Waals surface area contributed by atoms with Crippen LogP contribution in [0.1, 0.15) is 13.3 Å². The van der Waals surface area contributed by atoms with E-state index in [2.05, 4.69) is 11.7 Å². The highest BCUT2D eigenvalue weighted by molar-refractivity contribution is 5.83. The second-order valence-corrected chi connectivity index (χ2v) is 4.23. The fraction of sp³-hybridized carbons (Fsp3) is 0.600. The van der Waals surface area contributed by atoms with E-state index >= 15 is 0 Å². The number of amides is 1. The van der Waals surface area contributed by atoms with E-state index in [0.29, 0.717) is 18.2 Å². The molecule has 0 N–H and O–H groups in total. The van der Waals surface area contributed by atoms with Gasteiger partial charge in [-0.15, -0.1) is 0 Å². The van der Waals surface area contributed by atoms with Gasteiger partial charge >= 0.3 is 6.09 Å². The summed E-state index contributed by atoms with van der Waals surface area (Å²) in [6, 6.07) is 0. The average Bonchev–Trinajstić information content (AvgIpc) is 2.85. The highest BCUT2D eigenvalue weighted by Crippen LogP contribution is 2.56. The van der Waals surface area contributed by atoms with Gasteiger partial charge < -0.3 is 4.74 Å². The van der Waals surface area contributed by atoms with E-state index in [0.717, 1.165) is 12.7 Å². The molecular weight excluding hydrogens is 182 g/mol. The minimum atomic E-state index is -0.449. The lowest BCUT2D eigenvalue weighted by Crippen LogP contribution is -2.38. The van der Waals surface area contributed by atoms with Gasteiger partial charge in [0.2, 0.25) is 0 Å². The van der Waals surface area contributed by atoms with Crippen molar-refractivity contribution in [3.63, 3.8) is 0 Å². The van der Waals surface area contributed by atoms with Crippen LogP contribution < -0.4 is 0 Å². The zero-order valence-electron chi connectivity index (χ0n) is 8.32. The van der Waals surface area contributed by atoms with E-state index in [1.807, 2.05) is 6.08 Å². The molecule has 1 aliphatic carbocycles. The van der Waals surface area contributed by atoms with Gasteiger partial charge in [-0.25, -0.2) is 4.79 Å². The third kappa shape index (κ3) is 1.22. The molecule has 0 saturated heterocycles. The lowest BCUT2D eigenvalue weighted by atomic mass is 10.0. The highest BCUT2D eigenvalue weighted by atomic mass is 16.5. The second-order valence-electron chi connectivity index (χ2n) is 4.23. The number of hydrogen-bond donors (Lipinski definition) is 0. The van der Waals surface area contributed by atoms with E-state index in [1.165, 1.54) is 12.0 Å². The van der Waals surface area contributed by atoms with E-state index in [4.69, 9.17) is 0 Å². The lowest BCUT2D eigenvalue weighted by Gasteiger charge is -2.28. The Bertz CT molecular complexity index is 323. The van der Waals surface area contributed by atoms with Crippen LogP contribution in [0.5, 0.6) is 0 Å². The second kappa shape index (κ2) is 2.83. The Kier molecular flexibility index (Phi) is 1.87. The number of fused-ring (bicyclic) bond motifs is 1. The Morgan fingerprint density at radius 1 is 1.79 bits per heavy atom. The Morgan fingerprint density at radius 2 is 2.50 bits per heavy atom. The number of carbonyl (C=O) groups is 2. The molecule has 14 heavy (non-hydrogen) atoms. The summed E-state index contributed by atoms with van der Waals surface area (Å²) in [6.07, 6.45) is 3.19. The molecule has 0 bridgehead atoms. The minimum absolute atomic E-state index is 0.167. The Hall–Kier alpha value is -1.32. The van der Waals surface area contributed by atoms with Gasteiger partial charge in [-0.05, 0) is 17.8 Å². The predicted octanol–water partition coefficient (Wildman–Crippen LogP) is 1.18. The Balaban J connectivity index is 2.24. The molecule has 2 atom stereocenters. The maximum atomic E-state index is 11.3. The minimum Gasteiger partial charge on any atom is -0.452 e. The van der Waals surface area contributed by atoms with E-state index < -0.39 is 6.09 Å². The smallest absolute Gasteiger partial charge is 0.414 e. The van der Waals surface area contributed by atoms with Crippen LogP contribution >= 0.6 is 0 Å². The molecule has 2 unspecified atom stereocenters. The van der Waals surface area contributed by atoms with Gasteiger partial charge in [0.15, 0.2) is 6.29 Å². The third-order valence-electron chi connectivity index (χ3n) is 3.14. The van der Waals surface area contributed by atoms with E-state index in [9.17, 15) is 9.59 Å². The number of methoxy groups -OCH3 is 1. The highest BCUT2D eigenvalue weighted by Gasteiger charge is 2.53. The van der Waals surface area contributed by atoms with Crippen molar-refractivity contribution in [2.45, 2.75) is 13.3 Å². The summed E-state index contributed by atoms with van der Waals surface area (Å²) >= 11 is 0. The zero-order chi connectivity index (χ0) is 10.3. The van der Waals surface area contributed by atoms with Crippen molar-refractivity contribution in [3.05, 3.63) is 11.8 Å². The zero-order valence-corrected chi connectivity index (χ0v) is 8.32. The van der Waals surface area contributed by atoms with Crippen molar-refractivity contribution >= 4 is 12.4 Å². The third-order valence-corrected chi connectivity index (χ3v) is 3.14. The fourth-order valence-corrected chi connectivity index (χ4v) is 2.02. The number of carbonyl (C=O) groups excluding carboxylic acids is 2. The number of aldehydes is 1. The Morgan fingerprint density at radius 3 is 3.07 bits per heavy atom. The first kappa shape index (κ1) is 9.24. The summed E-state index contributed by atoms with van der Waals surface area (Å²) < 4.78 is 4.62. The first-order valence-electron chi connectivity index (χ1n) is 4.63. The van der Waals surface area contributed by atoms with E-state index in [1.54, 1.807) is 0 Å². The summed E-state index contributed by atoms with van der Waals surface area (Å²) in [5, 5.41) is 0. The number of allylic oxidation sites excluding steroid dienone is 2. The standard InChI is InChI=1S/C10H13NO3/c1-10-4-7(10)3-8(5-12)11(6-10)9(13)14-2/h3,5,7H,4,6H2,1-2H3. The van der Waals surface area contributed by atoms with Crippen molar-refractivity contribution in [3.8, 4) is 0 Å². The molecule has 4 heteroatoms. The molecule has 0 radical (unpaired) electrons. The van der Waals surface area contributed by atoms with E-state index in [-0.39, 0.29) is 5.41 Å². The fourth-order valence-electron chi connectivity index (χ4n) is 2.02. The van der Waals surface area contributed by atoms with Crippen LogP contribution in [0.15, 0.2) is 11.8 Å². The van der Waals surface area contributed by atoms with Crippen molar-refractivity contribution in [2.24, 2.45) is 11.3 Å². The van der Waals surface area contributed by atoms with Crippen LogP contribution in [0.25, 0.3) is 0 Å². The molecular formula is C10H13NO3. The molecule has 1 heterocycles. The molecule has 0 spiro atoms. The average molecular weight is 195 g/mol. The predicted molar refractivity (Wildman–Crippen MR) is 49.5 cm³/mol. The first-order valence-corrected chi connectivity index (χ1v) is 4.63. The number of nitrogens with zero attached hydrogens (tertiary/aromatic N) is 1. The van der Waals surface area contributed by atoms with Crippen molar-refractivity contribution in [1.29, 1.82) is 0 Å².